The van der Waals surface area contributed by atoms with E-state index in [4.69, 9.17) is 4.74 Å². The number of benzene rings is 2. The molecule has 0 N–H and O–H groups in total. The van der Waals surface area contributed by atoms with Gasteiger partial charge in [0.2, 0.25) is 0 Å². The van der Waals surface area contributed by atoms with Gasteiger partial charge in [-0.3, -0.25) is 0 Å². The Labute approximate surface area is 107 Å². The summed E-state index contributed by atoms with van der Waals surface area (Å²) >= 11 is 0. The van der Waals surface area contributed by atoms with E-state index in [1.165, 1.54) is 0 Å². The standard InChI is InChI=1S/C16H16O2/c1-16(2,12-17)13-8-10-15(11-9-13)18-14-6-4-3-5-7-14/h3-12H,1-2H3. The third-order valence-electron chi connectivity index (χ3n) is 2.87. The summed E-state index contributed by atoms with van der Waals surface area (Å²) < 4.78 is 5.69. The molecule has 92 valence electrons. The smallest absolute Gasteiger partial charge is 0.129 e. The van der Waals surface area contributed by atoms with E-state index in [0.29, 0.717) is 0 Å². The number of carbonyl (C=O) groups excluding carboxylic acids is 1. The molecule has 0 aliphatic rings. The van der Waals surface area contributed by atoms with E-state index < -0.39 is 5.41 Å². The number of carbonyl (C=O) groups is 1. The van der Waals surface area contributed by atoms with Gasteiger partial charge in [0.15, 0.2) is 0 Å². The maximum atomic E-state index is 11.0. The average molecular weight is 240 g/mol. The molecule has 0 fully saturated rings. The molecule has 0 unspecified atom stereocenters. The zero-order valence-electron chi connectivity index (χ0n) is 10.6. The van der Waals surface area contributed by atoms with Crippen molar-refractivity contribution in [3.8, 4) is 11.5 Å². The van der Waals surface area contributed by atoms with Gasteiger partial charge in [-0.1, -0.05) is 30.3 Å². The van der Waals surface area contributed by atoms with Crippen LogP contribution in [0.25, 0.3) is 0 Å². The van der Waals surface area contributed by atoms with Crippen LogP contribution in [0.1, 0.15) is 19.4 Å². The third-order valence-corrected chi connectivity index (χ3v) is 2.87. The second-order valence-corrected chi connectivity index (χ2v) is 4.78. The van der Waals surface area contributed by atoms with Crippen molar-refractivity contribution >= 4 is 6.29 Å². The Morgan fingerprint density at radius 2 is 1.44 bits per heavy atom. The highest BCUT2D eigenvalue weighted by Crippen LogP contribution is 2.25. The number of para-hydroxylation sites is 1. The first-order valence-electron chi connectivity index (χ1n) is 5.91. The van der Waals surface area contributed by atoms with Crippen molar-refractivity contribution in [2.45, 2.75) is 19.3 Å². The fraction of sp³-hybridized carbons (Fsp3) is 0.188. The van der Waals surface area contributed by atoms with Crippen LogP contribution in [-0.2, 0) is 10.2 Å². The van der Waals surface area contributed by atoms with Crippen LogP contribution in [0, 0.1) is 0 Å². The molecule has 0 aliphatic heterocycles. The molecule has 18 heavy (non-hydrogen) atoms. The Kier molecular flexibility index (Phi) is 3.47. The lowest BCUT2D eigenvalue weighted by Crippen LogP contribution is -2.18. The fourth-order valence-corrected chi connectivity index (χ4v) is 1.65. The SMILES string of the molecule is CC(C)(C=O)c1ccc(Oc2ccccc2)cc1. The van der Waals surface area contributed by atoms with E-state index in [1.54, 1.807) is 0 Å². The third kappa shape index (κ3) is 2.77. The monoisotopic (exact) mass is 240 g/mol. The van der Waals surface area contributed by atoms with Gasteiger partial charge < -0.3 is 9.53 Å². The zero-order valence-corrected chi connectivity index (χ0v) is 10.6. The van der Waals surface area contributed by atoms with Gasteiger partial charge in [0.1, 0.15) is 17.8 Å². The van der Waals surface area contributed by atoms with Crippen LogP contribution in [0.3, 0.4) is 0 Å². The van der Waals surface area contributed by atoms with Crippen LogP contribution in [0.15, 0.2) is 54.6 Å². The van der Waals surface area contributed by atoms with Gasteiger partial charge in [-0.05, 0) is 43.7 Å². The summed E-state index contributed by atoms with van der Waals surface area (Å²) in [6.07, 6.45) is 0.958. The maximum absolute atomic E-state index is 11.0. The van der Waals surface area contributed by atoms with Crippen LogP contribution in [0.2, 0.25) is 0 Å². The molecule has 0 aliphatic carbocycles. The van der Waals surface area contributed by atoms with Gasteiger partial charge in [-0.2, -0.15) is 0 Å². The summed E-state index contributed by atoms with van der Waals surface area (Å²) in [4.78, 5) is 11.0. The topological polar surface area (TPSA) is 26.3 Å². The first-order valence-corrected chi connectivity index (χ1v) is 5.91. The van der Waals surface area contributed by atoms with E-state index in [1.807, 2.05) is 68.4 Å². The first-order chi connectivity index (χ1) is 8.62. The molecule has 2 aromatic rings. The van der Waals surface area contributed by atoms with Gasteiger partial charge in [-0.15, -0.1) is 0 Å². The van der Waals surface area contributed by atoms with E-state index in [-0.39, 0.29) is 0 Å². The molecule has 0 bridgehead atoms. The summed E-state index contributed by atoms with van der Waals surface area (Å²) in [5.41, 5.74) is 0.531. The van der Waals surface area contributed by atoms with Crippen molar-refractivity contribution in [1.29, 1.82) is 0 Å². The first kappa shape index (κ1) is 12.4. The quantitative estimate of drug-likeness (QED) is 0.756. The lowest BCUT2D eigenvalue weighted by atomic mass is 9.86. The number of aldehydes is 1. The number of hydrogen-bond donors (Lipinski definition) is 0. The predicted octanol–water partition coefficient (Wildman–Crippen LogP) is 3.96. The molecule has 0 spiro atoms. The molecular weight excluding hydrogens is 224 g/mol. The summed E-state index contributed by atoms with van der Waals surface area (Å²) in [5, 5.41) is 0. The Morgan fingerprint density at radius 1 is 0.889 bits per heavy atom. The fourth-order valence-electron chi connectivity index (χ4n) is 1.65. The van der Waals surface area contributed by atoms with Gasteiger partial charge in [0.25, 0.3) is 0 Å². The van der Waals surface area contributed by atoms with Crippen molar-refractivity contribution in [2.75, 3.05) is 0 Å². The summed E-state index contributed by atoms with van der Waals surface area (Å²) in [6, 6.07) is 17.2. The predicted molar refractivity (Wildman–Crippen MR) is 72.0 cm³/mol. The van der Waals surface area contributed by atoms with E-state index in [0.717, 1.165) is 23.3 Å². The van der Waals surface area contributed by atoms with Crippen molar-refractivity contribution in [3.05, 3.63) is 60.2 Å². The van der Waals surface area contributed by atoms with E-state index in [2.05, 4.69) is 0 Å². The van der Waals surface area contributed by atoms with Crippen LogP contribution in [0.5, 0.6) is 11.5 Å². The van der Waals surface area contributed by atoms with Gasteiger partial charge in [0.05, 0.1) is 0 Å². The Balaban J connectivity index is 2.16. The Hall–Kier alpha value is -2.09. The summed E-state index contributed by atoms with van der Waals surface area (Å²) in [5.74, 6) is 1.58. The minimum Gasteiger partial charge on any atom is -0.457 e. The highest BCUT2D eigenvalue weighted by atomic mass is 16.5. The van der Waals surface area contributed by atoms with Crippen LogP contribution < -0.4 is 4.74 Å². The molecule has 0 radical (unpaired) electrons. The molecule has 0 atom stereocenters. The number of ether oxygens (including phenoxy) is 1. The largest absolute Gasteiger partial charge is 0.457 e. The molecular formula is C16H16O2. The zero-order chi connectivity index (χ0) is 13.0. The molecule has 0 saturated carbocycles. The van der Waals surface area contributed by atoms with Gasteiger partial charge in [0, 0.05) is 5.41 Å². The molecule has 0 amide bonds. The van der Waals surface area contributed by atoms with E-state index >= 15 is 0 Å². The minimum absolute atomic E-state index is 0.453. The minimum atomic E-state index is -0.453. The van der Waals surface area contributed by atoms with Crippen LogP contribution in [-0.4, -0.2) is 6.29 Å². The van der Waals surface area contributed by atoms with Crippen LogP contribution >= 0.6 is 0 Å². The molecule has 0 saturated heterocycles. The van der Waals surface area contributed by atoms with Crippen molar-refractivity contribution in [2.24, 2.45) is 0 Å². The van der Waals surface area contributed by atoms with Crippen LogP contribution in [0.4, 0.5) is 0 Å². The normalized spacial score (nSPS) is 11.0. The number of hydrogen-bond acceptors (Lipinski definition) is 2. The lowest BCUT2D eigenvalue weighted by molar-refractivity contribution is -0.111. The Bertz CT molecular complexity index is 513. The average Bonchev–Trinajstić information content (AvgIpc) is 2.40. The van der Waals surface area contributed by atoms with Crippen molar-refractivity contribution < 1.29 is 9.53 Å². The molecule has 2 nitrogen and oxygen atoms in total. The molecule has 2 rings (SSSR count). The second kappa shape index (κ2) is 5.05. The molecule has 2 heteroatoms. The van der Waals surface area contributed by atoms with Gasteiger partial charge >= 0.3 is 0 Å². The number of rotatable bonds is 4. The Morgan fingerprint density at radius 3 is 2.00 bits per heavy atom. The molecule has 0 aromatic heterocycles. The van der Waals surface area contributed by atoms with E-state index in [9.17, 15) is 4.79 Å². The highest BCUT2D eigenvalue weighted by molar-refractivity contribution is 5.67. The molecule has 2 aromatic carbocycles. The highest BCUT2D eigenvalue weighted by Gasteiger charge is 2.18. The lowest BCUT2D eigenvalue weighted by Gasteiger charge is -2.17. The summed E-state index contributed by atoms with van der Waals surface area (Å²) in [6.45, 7) is 3.79. The van der Waals surface area contributed by atoms with Crippen molar-refractivity contribution in [3.63, 3.8) is 0 Å². The second-order valence-electron chi connectivity index (χ2n) is 4.78. The van der Waals surface area contributed by atoms with Gasteiger partial charge in [-0.25, -0.2) is 0 Å². The van der Waals surface area contributed by atoms with Crippen molar-refractivity contribution in [1.82, 2.24) is 0 Å². The molecule has 0 heterocycles. The maximum Gasteiger partial charge on any atom is 0.129 e. The summed E-state index contributed by atoms with van der Waals surface area (Å²) in [7, 11) is 0.